The van der Waals surface area contributed by atoms with Gasteiger partial charge < -0.3 is 9.47 Å². The minimum atomic E-state index is -3.45. The van der Waals surface area contributed by atoms with Crippen LogP contribution in [0.3, 0.4) is 0 Å². The second-order valence-electron chi connectivity index (χ2n) is 7.13. The van der Waals surface area contributed by atoms with Crippen LogP contribution in [0.1, 0.15) is 43.6 Å². The molecular formula is C19H25ClN4O3S. The van der Waals surface area contributed by atoms with E-state index in [2.05, 4.69) is 9.97 Å². The summed E-state index contributed by atoms with van der Waals surface area (Å²) in [7, 11) is -3.45. The molecule has 1 aliphatic rings. The Hall–Kier alpha value is -1.93. The smallest absolute Gasteiger partial charge is 0.224 e. The van der Waals surface area contributed by atoms with Crippen molar-refractivity contribution in [2.75, 3.05) is 19.3 Å². The number of carbonyl (C=O) groups is 1. The molecule has 0 aliphatic carbocycles. The molecule has 9 heteroatoms. The number of piperidine rings is 1. The van der Waals surface area contributed by atoms with Crippen molar-refractivity contribution in [2.24, 2.45) is 0 Å². The van der Waals surface area contributed by atoms with Crippen LogP contribution in [-0.4, -0.2) is 53.1 Å². The van der Waals surface area contributed by atoms with Crippen LogP contribution in [0.15, 0.2) is 29.6 Å². The minimum absolute atomic E-state index is 0.0651. The lowest BCUT2D eigenvalue weighted by Gasteiger charge is -2.33. The van der Waals surface area contributed by atoms with E-state index in [1.165, 1.54) is 12.3 Å². The monoisotopic (exact) mass is 424 g/mol. The molecule has 1 aliphatic heterocycles. The fraction of sp³-hybridized carbons (Fsp3) is 0.526. The van der Waals surface area contributed by atoms with Gasteiger partial charge in [0.2, 0.25) is 5.91 Å². The zero-order valence-electron chi connectivity index (χ0n) is 16.1. The fourth-order valence-electron chi connectivity index (χ4n) is 3.69. The van der Waals surface area contributed by atoms with Crippen molar-refractivity contribution in [3.8, 4) is 0 Å². The minimum Gasteiger partial charge on any atom is -0.342 e. The number of imidazole rings is 1. The Labute approximate surface area is 170 Å². The van der Waals surface area contributed by atoms with E-state index < -0.39 is 9.84 Å². The Morgan fingerprint density at radius 3 is 2.86 bits per heavy atom. The van der Waals surface area contributed by atoms with Crippen molar-refractivity contribution >= 4 is 27.3 Å². The number of pyridine rings is 1. The van der Waals surface area contributed by atoms with Crippen LogP contribution in [0.25, 0.3) is 0 Å². The number of hydrogen-bond acceptors (Lipinski definition) is 5. The number of likely N-dealkylation sites (tertiary alicyclic amines) is 1. The Bertz CT molecular complexity index is 958. The van der Waals surface area contributed by atoms with Gasteiger partial charge in [0.25, 0.3) is 0 Å². The van der Waals surface area contributed by atoms with Gasteiger partial charge in [-0.05, 0) is 18.9 Å². The summed E-state index contributed by atoms with van der Waals surface area (Å²) in [5.41, 5.74) is 0.507. The first-order chi connectivity index (χ1) is 13.3. The van der Waals surface area contributed by atoms with E-state index in [0.29, 0.717) is 36.8 Å². The van der Waals surface area contributed by atoms with Crippen molar-refractivity contribution in [1.82, 2.24) is 19.4 Å². The highest BCUT2D eigenvalue weighted by atomic mass is 35.5. The van der Waals surface area contributed by atoms with Gasteiger partial charge in [0, 0.05) is 63.2 Å². The highest BCUT2D eigenvalue weighted by molar-refractivity contribution is 7.90. The number of hydrogen-bond donors (Lipinski definition) is 0. The quantitative estimate of drug-likeness (QED) is 0.711. The molecule has 152 valence electrons. The molecule has 1 amide bonds. The number of nitrogens with zero attached hydrogens (tertiary/aromatic N) is 4. The summed E-state index contributed by atoms with van der Waals surface area (Å²) >= 11 is 5.96. The fourth-order valence-corrected chi connectivity index (χ4v) is 4.86. The van der Waals surface area contributed by atoms with Crippen LogP contribution < -0.4 is 0 Å². The maximum atomic E-state index is 12.7. The van der Waals surface area contributed by atoms with E-state index in [-0.39, 0.29) is 16.7 Å². The first kappa shape index (κ1) is 20.8. The van der Waals surface area contributed by atoms with Gasteiger partial charge in [-0.1, -0.05) is 18.5 Å². The number of rotatable bonds is 6. The summed E-state index contributed by atoms with van der Waals surface area (Å²) in [6, 6.07) is 1.45. The average Bonchev–Trinajstić information content (AvgIpc) is 3.13. The molecule has 1 fully saturated rings. The largest absolute Gasteiger partial charge is 0.342 e. The molecular weight excluding hydrogens is 400 g/mol. The molecule has 1 saturated heterocycles. The van der Waals surface area contributed by atoms with Gasteiger partial charge in [-0.2, -0.15) is 0 Å². The summed E-state index contributed by atoms with van der Waals surface area (Å²) in [6.45, 7) is 3.79. The SMILES string of the molecule is CCc1nccn1CCC(=O)N1CCCC(c2ncc(Cl)cc2S(C)(=O)=O)C1. The van der Waals surface area contributed by atoms with Crippen molar-refractivity contribution < 1.29 is 13.2 Å². The molecule has 0 spiro atoms. The first-order valence-corrected chi connectivity index (χ1v) is 11.7. The van der Waals surface area contributed by atoms with Gasteiger partial charge in [-0.25, -0.2) is 13.4 Å². The standard InChI is InChI=1S/C19H25ClN4O3S/c1-3-17-21-7-10-23(17)9-6-18(25)24-8-4-5-14(13-24)19-16(28(2,26)27)11-15(20)12-22-19/h7,10-12,14H,3-6,8-9,13H2,1-2H3. The molecule has 0 saturated carbocycles. The van der Waals surface area contributed by atoms with Gasteiger partial charge in [-0.3, -0.25) is 9.78 Å². The average molecular weight is 425 g/mol. The predicted octanol–water partition coefficient (Wildman–Crippen LogP) is 2.69. The van der Waals surface area contributed by atoms with Gasteiger partial charge in [0.15, 0.2) is 9.84 Å². The Balaban J connectivity index is 1.71. The number of aromatic nitrogens is 3. The third-order valence-electron chi connectivity index (χ3n) is 5.09. The summed E-state index contributed by atoms with van der Waals surface area (Å²) in [5.74, 6) is 0.918. The van der Waals surface area contributed by atoms with Crippen LogP contribution in [0, 0.1) is 0 Å². The van der Waals surface area contributed by atoms with Crippen molar-refractivity contribution in [2.45, 2.75) is 50.0 Å². The molecule has 7 nitrogen and oxygen atoms in total. The molecule has 3 rings (SSSR count). The first-order valence-electron chi connectivity index (χ1n) is 9.43. The zero-order chi connectivity index (χ0) is 20.3. The van der Waals surface area contributed by atoms with E-state index in [0.717, 1.165) is 31.3 Å². The molecule has 0 aromatic carbocycles. The number of sulfone groups is 1. The Morgan fingerprint density at radius 2 is 2.14 bits per heavy atom. The van der Waals surface area contributed by atoms with E-state index in [1.807, 2.05) is 22.6 Å². The van der Waals surface area contributed by atoms with Gasteiger partial charge >= 0.3 is 0 Å². The van der Waals surface area contributed by atoms with Crippen molar-refractivity contribution in [3.63, 3.8) is 0 Å². The molecule has 0 N–H and O–H groups in total. The van der Waals surface area contributed by atoms with Crippen LogP contribution in [0.4, 0.5) is 0 Å². The molecule has 2 aromatic rings. The van der Waals surface area contributed by atoms with E-state index >= 15 is 0 Å². The van der Waals surface area contributed by atoms with E-state index in [1.54, 1.807) is 6.20 Å². The Kier molecular flexibility index (Phi) is 6.40. The molecule has 2 aromatic heterocycles. The van der Waals surface area contributed by atoms with Crippen LogP contribution in [-0.2, 0) is 27.6 Å². The van der Waals surface area contributed by atoms with E-state index in [9.17, 15) is 13.2 Å². The molecule has 1 atom stereocenters. The highest BCUT2D eigenvalue weighted by Gasteiger charge is 2.29. The summed E-state index contributed by atoms with van der Waals surface area (Å²) in [6.07, 6.45) is 9.09. The molecule has 0 radical (unpaired) electrons. The van der Waals surface area contributed by atoms with Crippen LogP contribution in [0.2, 0.25) is 5.02 Å². The number of amides is 1. The highest BCUT2D eigenvalue weighted by Crippen LogP contribution is 2.31. The molecule has 0 bridgehead atoms. The second kappa shape index (κ2) is 8.61. The number of aryl methyl sites for hydroxylation is 2. The zero-order valence-corrected chi connectivity index (χ0v) is 17.7. The van der Waals surface area contributed by atoms with Crippen LogP contribution in [0.5, 0.6) is 0 Å². The maximum absolute atomic E-state index is 12.7. The predicted molar refractivity (Wildman–Crippen MR) is 107 cm³/mol. The van der Waals surface area contributed by atoms with E-state index in [4.69, 9.17) is 11.6 Å². The summed E-state index contributed by atoms with van der Waals surface area (Å²) < 4.78 is 26.3. The van der Waals surface area contributed by atoms with Gasteiger partial charge in [0.1, 0.15) is 5.82 Å². The Morgan fingerprint density at radius 1 is 1.36 bits per heavy atom. The normalized spacial score (nSPS) is 17.7. The molecule has 3 heterocycles. The summed E-state index contributed by atoms with van der Waals surface area (Å²) in [4.78, 5) is 23.3. The topological polar surface area (TPSA) is 85.2 Å². The summed E-state index contributed by atoms with van der Waals surface area (Å²) in [5, 5.41) is 0.292. The van der Waals surface area contributed by atoms with Crippen molar-refractivity contribution in [1.29, 1.82) is 0 Å². The lowest BCUT2D eigenvalue weighted by molar-refractivity contribution is -0.132. The molecule has 28 heavy (non-hydrogen) atoms. The van der Waals surface area contributed by atoms with Crippen molar-refractivity contribution in [3.05, 3.63) is 41.2 Å². The van der Waals surface area contributed by atoms with Gasteiger partial charge in [-0.15, -0.1) is 0 Å². The third kappa shape index (κ3) is 4.72. The second-order valence-corrected chi connectivity index (χ2v) is 9.55. The number of carbonyl (C=O) groups excluding carboxylic acids is 1. The molecule has 1 unspecified atom stereocenters. The van der Waals surface area contributed by atoms with Gasteiger partial charge in [0.05, 0.1) is 15.6 Å². The third-order valence-corrected chi connectivity index (χ3v) is 6.43. The lowest BCUT2D eigenvalue weighted by atomic mass is 9.94. The number of halogens is 1. The maximum Gasteiger partial charge on any atom is 0.224 e. The lowest BCUT2D eigenvalue weighted by Crippen LogP contribution is -2.40. The van der Waals surface area contributed by atoms with Crippen LogP contribution >= 0.6 is 11.6 Å².